The molecular formula is C18H23N3. The fraction of sp³-hybridized carbons (Fsp3) is 0.444. The molecule has 110 valence electrons. The van der Waals surface area contributed by atoms with Crippen molar-refractivity contribution in [2.75, 3.05) is 6.54 Å². The highest BCUT2D eigenvalue weighted by Gasteiger charge is 2.24. The molecule has 0 fully saturated rings. The highest BCUT2D eigenvalue weighted by molar-refractivity contribution is 5.33. The fourth-order valence-corrected chi connectivity index (χ4v) is 3.43. The smallest absolute Gasteiger partial charge is 0.0756 e. The van der Waals surface area contributed by atoms with Crippen molar-refractivity contribution in [1.29, 1.82) is 0 Å². The Labute approximate surface area is 126 Å². The van der Waals surface area contributed by atoms with Gasteiger partial charge in [0.15, 0.2) is 0 Å². The van der Waals surface area contributed by atoms with Crippen LogP contribution in [-0.2, 0) is 6.42 Å². The monoisotopic (exact) mass is 281 g/mol. The molecule has 0 saturated heterocycles. The summed E-state index contributed by atoms with van der Waals surface area (Å²) in [6, 6.07) is 9.21. The van der Waals surface area contributed by atoms with Crippen LogP contribution in [0, 0.1) is 0 Å². The number of fused-ring (bicyclic) bond motifs is 1. The average molecular weight is 281 g/mol. The normalized spacial score (nSPS) is 19.0. The van der Waals surface area contributed by atoms with Crippen LogP contribution in [0.5, 0.6) is 0 Å². The number of aryl methyl sites for hydroxylation is 1. The third kappa shape index (κ3) is 3.30. The standard InChI is InChI=1S/C18H23N3/c1-2-20-17(18-13-19-10-11-21-18)12-15-8-5-7-14-6-3-4-9-16(14)15/h3-4,6,9-11,13,15,17,20H,2,5,7-8,12H2,1H3. The molecule has 3 rings (SSSR count). The van der Waals surface area contributed by atoms with E-state index >= 15 is 0 Å². The Hall–Kier alpha value is -1.74. The summed E-state index contributed by atoms with van der Waals surface area (Å²) in [6.45, 7) is 3.10. The first-order valence-corrected chi connectivity index (χ1v) is 7.95. The van der Waals surface area contributed by atoms with Gasteiger partial charge in [0.25, 0.3) is 0 Å². The SMILES string of the molecule is CCNC(CC1CCCc2ccccc21)c1cnccn1. The van der Waals surface area contributed by atoms with E-state index in [1.54, 1.807) is 12.4 Å². The maximum Gasteiger partial charge on any atom is 0.0756 e. The predicted molar refractivity (Wildman–Crippen MR) is 85.2 cm³/mol. The Balaban J connectivity index is 1.81. The first-order valence-electron chi connectivity index (χ1n) is 7.95. The van der Waals surface area contributed by atoms with Crippen LogP contribution >= 0.6 is 0 Å². The Morgan fingerprint density at radius 3 is 3.00 bits per heavy atom. The summed E-state index contributed by atoms with van der Waals surface area (Å²) in [5.41, 5.74) is 4.13. The van der Waals surface area contributed by atoms with Gasteiger partial charge in [0.05, 0.1) is 11.7 Å². The van der Waals surface area contributed by atoms with Gasteiger partial charge in [0.2, 0.25) is 0 Å². The van der Waals surface area contributed by atoms with Crippen LogP contribution in [0.4, 0.5) is 0 Å². The summed E-state index contributed by atoms with van der Waals surface area (Å²) < 4.78 is 0. The van der Waals surface area contributed by atoms with E-state index in [-0.39, 0.29) is 0 Å². The summed E-state index contributed by atoms with van der Waals surface area (Å²) in [4.78, 5) is 8.72. The minimum Gasteiger partial charge on any atom is -0.309 e. The molecule has 1 aromatic carbocycles. The molecule has 0 spiro atoms. The van der Waals surface area contributed by atoms with E-state index in [2.05, 4.69) is 46.5 Å². The van der Waals surface area contributed by atoms with Gasteiger partial charge >= 0.3 is 0 Å². The third-order valence-electron chi connectivity index (χ3n) is 4.40. The highest BCUT2D eigenvalue weighted by atomic mass is 14.9. The minimum atomic E-state index is 0.292. The zero-order chi connectivity index (χ0) is 14.5. The molecule has 3 heteroatoms. The number of rotatable bonds is 5. The average Bonchev–Trinajstić information content (AvgIpc) is 2.55. The van der Waals surface area contributed by atoms with Crippen molar-refractivity contribution in [2.45, 2.75) is 44.6 Å². The van der Waals surface area contributed by atoms with Gasteiger partial charge in [-0.3, -0.25) is 9.97 Å². The van der Waals surface area contributed by atoms with Crippen LogP contribution < -0.4 is 5.32 Å². The number of nitrogens with one attached hydrogen (secondary N) is 1. The Morgan fingerprint density at radius 1 is 1.29 bits per heavy atom. The molecule has 0 aliphatic heterocycles. The molecule has 0 amide bonds. The molecule has 2 atom stereocenters. The van der Waals surface area contributed by atoms with Gasteiger partial charge in [0, 0.05) is 18.6 Å². The zero-order valence-electron chi connectivity index (χ0n) is 12.6. The number of hydrogen-bond donors (Lipinski definition) is 1. The largest absolute Gasteiger partial charge is 0.309 e. The van der Waals surface area contributed by atoms with E-state index < -0.39 is 0 Å². The predicted octanol–water partition coefficient (Wildman–Crippen LogP) is 3.64. The van der Waals surface area contributed by atoms with Crippen molar-refractivity contribution >= 4 is 0 Å². The molecular weight excluding hydrogens is 258 g/mol. The van der Waals surface area contributed by atoms with Gasteiger partial charge in [-0.05, 0) is 49.3 Å². The molecule has 1 aliphatic carbocycles. The second-order valence-corrected chi connectivity index (χ2v) is 5.76. The summed E-state index contributed by atoms with van der Waals surface area (Å²) in [7, 11) is 0. The molecule has 2 aromatic rings. The van der Waals surface area contributed by atoms with Crippen molar-refractivity contribution in [3.05, 3.63) is 59.7 Å². The van der Waals surface area contributed by atoms with Crippen LogP contribution in [0.3, 0.4) is 0 Å². The van der Waals surface area contributed by atoms with E-state index in [4.69, 9.17) is 0 Å². The van der Waals surface area contributed by atoms with Crippen LogP contribution in [0.15, 0.2) is 42.9 Å². The molecule has 1 N–H and O–H groups in total. The molecule has 3 nitrogen and oxygen atoms in total. The van der Waals surface area contributed by atoms with Gasteiger partial charge in [-0.2, -0.15) is 0 Å². The highest BCUT2D eigenvalue weighted by Crippen LogP contribution is 2.37. The van der Waals surface area contributed by atoms with E-state index in [0.717, 1.165) is 18.7 Å². The number of nitrogens with zero attached hydrogens (tertiary/aromatic N) is 2. The Morgan fingerprint density at radius 2 is 2.19 bits per heavy atom. The fourth-order valence-electron chi connectivity index (χ4n) is 3.43. The molecule has 1 aromatic heterocycles. The second-order valence-electron chi connectivity index (χ2n) is 5.76. The van der Waals surface area contributed by atoms with Crippen molar-refractivity contribution in [1.82, 2.24) is 15.3 Å². The van der Waals surface area contributed by atoms with Crippen LogP contribution in [0.25, 0.3) is 0 Å². The molecule has 1 heterocycles. The minimum absolute atomic E-state index is 0.292. The van der Waals surface area contributed by atoms with Crippen molar-refractivity contribution < 1.29 is 0 Å². The first kappa shape index (κ1) is 14.2. The molecule has 0 radical (unpaired) electrons. The van der Waals surface area contributed by atoms with E-state index in [9.17, 15) is 0 Å². The van der Waals surface area contributed by atoms with Gasteiger partial charge in [-0.25, -0.2) is 0 Å². The Bertz CT molecular complexity index is 568. The second kappa shape index (κ2) is 6.81. The van der Waals surface area contributed by atoms with E-state index in [1.807, 2.05) is 6.20 Å². The lowest BCUT2D eigenvalue weighted by Gasteiger charge is -2.29. The maximum atomic E-state index is 4.49. The van der Waals surface area contributed by atoms with Gasteiger partial charge in [-0.1, -0.05) is 31.2 Å². The zero-order valence-corrected chi connectivity index (χ0v) is 12.6. The first-order chi connectivity index (χ1) is 10.4. The molecule has 2 unspecified atom stereocenters. The van der Waals surface area contributed by atoms with Crippen LogP contribution in [-0.4, -0.2) is 16.5 Å². The summed E-state index contributed by atoms with van der Waals surface area (Å²) in [5, 5.41) is 3.57. The number of aromatic nitrogens is 2. The number of benzene rings is 1. The van der Waals surface area contributed by atoms with Crippen LogP contribution in [0.2, 0.25) is 0 Å². The summed E-state index contributed by atoms with van der Waals surface area (Å²) in [6.07, 6.45) is 10.3. The lowest BCUT2D eigenvalue weighted by Crippen LogP contribution is -2.25. The van der Waals surface area contributed by atoms with Gasteiger partial charge < -0.3 is 5.32 Å². The molecule has 21 heavy (non-hydrogen) atoms. The maximum absolute atomic E-state index is 4.49. The summed E-state index contributed by atoms with van der Waals surface area (Å²) in [5.74, 6) is 0.626. The lowest BCUT2D eigenvalue weighted by atomic mass is 9.79. The van der Waals surface area contributed by atoms with Crippen LogP contribution in [0.1, 0.15) is 55.0 Å². The van der Waals surface area contributed by atoms with Gasteiger partial charge in [0.1, 0.15) is 0 Å². The van der Waals surface area contributed by atoms with E-state index in [1.165, 1.54) is 30.4 Å². The van der Waals surface area contributed by atoms with Crippen molar-refractivity contribution in [3.8, 4) is 0 Å². The molecule has 1 aliphatic rings. The number of hydrogen-bond acceptors (Lipinski definition) is 3. The van der Waals surface area contributed by atoms with E-state index in [0.29, 0.717) is 12.0 Å². The van der Waals surface area contributed by atoms with Gasteiger partial charge in [-0.15, -0.1) is 0 Å². The molecule has 0 saturated carbocycles. The third-order valence-corrected chi connectivity index (χ3v) is 4.40. The Kier molecular flexibility index (Phi) is 4.61. The quantitative estimate of drug-likeness (QED) is 0.909. The lowest BCUT2D eigenvalue weighted by molar-refractivity contribution is 0.419. The topological polar surface area (TPSA) is 37.8 Å². The van der Waals surface area contributed by atoms with Crippen molar-refractivity contribution in [3.63, 3.8) is 0 Å². The summed E-state index contributed by atoms with van der Waals surface area (Å²) >= 11 is 0. The molecule has 0 bridgehead atoms. The van der Waals surface area contributed by atoms with Crippen molar-refractivity contribution in [2.24, 2.45) is 0 Å².